The predicted molar refractivity (Wildman–Crippen MR) is 134 cm³/mol. The molecule has 4 aliphatic rings. The molecule has 35 heavy (non-hydrogen) atoms. The minimum Gasteiger partial charge on any atom is -0.504 e. The van der Waals surface area contributed by atoms with Crippen molar-refractivity contribution in [2.24, 2.45) is 5.92 Å². The molecule has 6 heteroatoms. The Morgan fingerprint density at radius 2 is 2.09 bits per heavy atom. The number of carbonyl (C=O) groups excluding carboxylic acids is 1. The molecule has 1 amide bonds. The molecule has 6 rings (SSSR count). The summed E-state index contributed by atoms with van der Waals surface area (Å²) in [6.45, 7) is 4.99. The Morgan fingerprint density at radius 3 is 2.86 bits per heavy atom. The third-order valence-electron chi connectivity index (χ3n) is 9.31. The van der Waals surface area contributed by atoms with Crippen molar-refractivity contribution in [1.29, 1.82) is 0 Å². The van der Waals surface area contributed by atoms with Gasteiger partial charge in [-0.25, -0.2) is 0 Å². The van der Waals surface area contributed by atoms with Crippen molar-refractivity contribution in [3.8, 4) is 11.5 Å². The lowest BCUT2D eigenvalue weighted by Gasteiger charge is -2.65. The van der Waals surface area contributed by atoms with Gasteiger partial charge in [0, 0.05) is 24.7 Å². The van der Waals surface area contributed by atoms with Gasteiger partial charge >= 0.3 is 0 Å². The van der Waals surface area contributed by atoms with Gasteiger partial charge in [0.15, 0.2) is 11.5 Å². The highest BCUT2D eigenvalue weighted by Crippen LogP contribution is 2.66. The molecule has 6 nitrogen and oxygen atoms in total. The van der Waals surface area contributed by atoms with Crippen LogP contribution in [0.3, 0.4) is 0 Å². The topological polar surface area (TPSA) is 73.2 Å². The fraction of sp³-hybridized carbons (Fsp3) is 0.483. The van der Waals surface area contributed by atoms with E-state index in [1.54, 1.807) is 17.0 Å². The second-order valence-electron chi connectivity index (χ2n) is 11.2. The summed E-state index contributed by atoms with van der Waals surface area (Å²) in [5.41, 5.74) is 2.63. The minimum atomic E-state index is -0.978. The van der Waals surface area contributed by atoms with E-state index in [1.165, 1.54) is 0 Å². The van der Waals surface area contributed by atoms with Gasteiger partial charge in [-0.2, -0.15) is 0 Å². The molecule has 0 aromatic heterocycles. The summed E-state index contributed by atoms with van der Waals surface area (Å²) in [7, 11) is 3.93. The number of phenolic OH excluding ortho intramolecular Hbond substituents is 1. The van der Waals surface area contributed by atoms with Crippen molar-refractivity contribution >= 4 is 12.0 Å². The van der Waals surface area contributed by atoms with Gasteiger partial charge in [-0.1, -0.05) is 42.8 Å². The number of likely N-dealkylation sites (tertiary alicyclic amines) is 1. The first-order chi connectivity index (χ1) is 16.7. The van der Waals surface area contributed by atoms with Crippen LogP contribution < -0.4 is 4.74 Å². The van der Waals surface area contributed by atoms with Crippen LogP contribution in [0.25, 0.3) is 6.08 Å². The van der Waals surface area contributed by atoms with E-state index >= 15 is 0 Å². The largest absolute Gasteiger partial charge is 0.504 e. The van der Waals surface area contributed by atoms with Crippen LogP contribution in [-0.2, 0) is 16.6 Å². The van der Waals surface area contributed by atoms with Gasteiger partial charge in [0.1, 0.15) is 6.10 Å². The number of benzene rings is 2. The van der Waals surface area contributed by atoms with Crippen LogP contribution in [0.15, 0.2) is 42.5 Å². The fourth-order valence-corrected chi connectivity index (χ4v) is 7.79. The normalized spacial score (nSPS) is 35.0. The third-order valence-corrected chi connectivity index (χ3v) is 9.31. The van der Waals surface area contributed by atoms with Gasteiger partial charge in [0.05, 0.1) is 17.1 Å². The molecule has 2 bridgehead atoms. The van der Waals surface area contributed by atoms with Gasteiger partial charge in [-0.3, -0.25) is 4.79 Å². The number of phenols is 1. The van der Waals surface area contributed by atoms with Gasteiger partial charge < -0.3 is 24.7 Å². The SMILES string of the molecule is Cc1cccc(/C=C/C(=O)N(C)C2C(C)C[C@@]3(O)[C@H]4Cc5ccc(O)c6c5[C@@]3(CCN4C)C2O6)c1. The van der Waals surface area contributed by atoms with Gasteiger partial charge in [0.25, 0.3) is 0 Å². The fourth-order valence-electron chi connectivity index (χ4n) is 7.79. The van der Waals surface area contributed by atoms with Crippen molar-refractivity contribution in [2.75, 3.05) is 20.6 Å². The first-order valence-electron chi connectivity index (χ1n) is 12.6. The van der Waals surface area contributed by atoms with Crippen LogP contribution in [0, 0.1) is 12.8 Å². The predicted octanol–water partition coefficient (Wildman–Crippen LogP) is 3.27. The molecule has 1 saturated heterocycles. The van der Waals surface area contributed by atoms with Crippen LogP contribution in [0.5, 0.6) is 11.5 Å². The Bertz CT molecular complexity index is 1240. The number of nitrogens with zero attached hydrogens (tertiary/aromatic N) is 2. The average molecular weight is 475 g/mol. The number of ether oxygens (including phenoxy) is 1. The Hall–Kier alpha value is -2.83. The highest BCUT2D eigenvalue weighted by molar-refractivity contribution is 5.92. The Labute approximate surface area is 206 Å². The van der Waals surface area contributed by atoms with E-state index in [1.807, 2.05) is 50.4 Å². The van der Waals surface area contributed by atoms with Crippen LogP contribution in [0.1, 0.15) is 42.0 Å². The molecule has 2 N–H and O–H groups in total. The van der Waals surface area contributed by atoms with E-state index in [-0.39, 0.29) is 29.7 Å². The van der Waals surface area contributed by atoms with Gasteiger partial charge in [0.2, 0.25) is 5.91 Å². The molecule has 2 heterocycles. The van der Waals surface area contributed by atoms with Crippen molar-refractivity contribution in [3.05, 3.63) is 64.7 Å². The van der Waals surface area contributed by atoms with Crippen molar-refractivity contribution < 1.29 is 19.7 Å². The molecule has 6 atom stereocenters. The van der Waals surface area contributed by atoms with Crippen LogP contribution >= 0.6 is 0 Å². The molecule has 1 spiro atoms. The summed E-state index contributed by atoms with van der Waals surface area (Å²) in [5, 5.41) is 23.2. The maximum atomic E-state index is 13.4. The van der Waals surface area contributed by atoms with Crippen LogP contribution in [-0.4, -0.2) is 70.3 Å². The second-order valence-corrected chi connectivity index (χ2v) is 11.2. The lowest BCUT2D eigenvalue weighted by molar-refractivity contribution is -0.208. The van der Waals surface area contributed by atoms with E-state index < -0.39 is 17.1 Å². The van der Waals surface area contributed by atoms with E-state index in [2.05, 4.69) is 18.9 Å². The number of rotatable bonds is 3. The molecule has 2 fully saturated rings. The summed E-state index contributed by atoms with van der Waals surface area (Å²) < 4.78 is 6.60. The maximum absolute atomic E-state index is 13.4. The minimum absolute atomic E-state index is 0.0176. The molecule has 2 aliphatic heterocycles. The molecule has 3 unspecified atom stereocenters. The summed E-state index contributed by atoms with van der Waals surface area (Å²) in [5.74, 6) is 0.553. The summed E-state index contributed by atoms with van der Waals surface area (Å²) in [4.78, 5) is 17.5. The lowest BCUT2D eigenvalue weighted by atomic mass is 9.47. The summed E-state index contributed by atoms with van der Waals surface area (Å²) >= 11 is 0. The van der Waals surface area contributed by atoms with Crippen molar-refractivity contribution in [2.45, 2.75) is 62.3 Å². The number of aliphatic hydroxyl groups is 1. The zero-order chi connectivity index (χ0) is 24.7. The molecule has 1 saturated carbocycles. The van der Waals surface area contributed by atoms with E-state index in [0.29, 0.717) is 12.2 Å². The molecular formula is C29H34N2O4. The molecule has 184 valence electrons. The van der Waals surface area contributed by atoms with Crippen LogP contribution in [0.2, 0.25) is 0 Å². The monoisotopic (exact) mass is 474 g/mol. The summed E-state index contributed by atoms with van der Waals surface area (Å²) in [6, 6.07) is 11.5. The molecule has 2 aliphatic carbocycles. The number of amides is 1. The highest BCUT2D eigenvalue weighted by atomic mass is 16.5. The summed E-state index contributed by atoms with van der Waals surface area (Å²) in [6.07, 6.45) is 5.11. The first-order valence-corrected chi connectivity index (χ1v) is 12.6. The van der Waals surface area contributed by atoms with E-state index in [0.717, 1.165) is 41.6 Å². The number of carbonyl (C=O) groups is 1. The van der Waals surface area contributed by atoms with Crippen LogP contribution in [0.4, 0.5) is 0 Å². The molecule has 2 aromatic rings. The standard InChI is InChI=1S/C29H34N2O4/c1-17-6-5-7-19(14-17)8-11-23(33)31(4)25-18(2)16-29(34)22-15-20-9-10-21(32)26-24(20)28(29,27(25)35-26)12-13-30(22)3/h5-11,14,18,22,25,27,32,34H,12-13,15-16H2,1-4H3/b11-8+/t18?,22-,25?,27?,28+,29-/m1/s1. The van der Waals surface area contributed by atoms with Crippen molar-refractivity contribution in [3.63, 3.8) is 0 Å². The number of piperidine rings is 1. The van der Waals surface area contributed by atoms with Gasteiger partial charge in [-0.05, 0) is 69.0 Å². The van der Waals surface area contributed by atoms with E-state index in [4.69, 9.17) is 4.74 Å². The number of hydrogen-bond acceptors (Lipinski definition) is 5. The smallest absolute Gasteiger partial charge is 0.246 e. The Balaban J connectivity index is 1.41. The highest BCUT2D eigenvalue weighted by Gasteiger charge is 2.74. The quantitative estimate of drug-likeness (QED) is 0.668. The number of aromatic hydroxyl groups is 1. The molecule has 0 radical (unpaired) electrons. The average Bonchev–Trinajstić information content (AvgIpc) is 3.16. The lowest BCUT2D eigenvalue weighted by Crippen LogP contribution is -2.79. The van der Waals surface area contributed by atoms with Gasteiger partial charge in [-0.15, -0.1) is 0 Å². The maximum Gasteiger partial charge on any atom is 0.246 e. The zero-order valence-corrected chi connectivity index (χ0v) is 20.9. The third kappa shape index (κ3) is 2.93. The number of likely N-dealkylation sites (N-methyl/N-ethyl adjacent to an activating group) is 2. The first kappa shape index (κ1) is 22.6. The number of aryl methyl sites for hydroxylation is 1. The molecule has 2 aromatic carbocycles. The van der Waals surface area contributed by atoms with E-state index in [9.17, 15) is 15.0 Å². The second kappa shape index (κ2) is 7.58. The Morgan fingerprint density at radius 1 is 1.29 bits per heavy atom. The molecular weight excluding hydrogens is 440 g/mol. The number of hydrogen-bond donors (Lipinski definition) is 2. The van der Waals surface area contributed by atoms with Crippen molar-refractivity contribution in [1.82, 2.24) is 9.80 Å². The zero-order valence-electron chi connectivity index (χ0n) is 20.9. The Kier molecular flexibility index (Phi) is 4.90.